The Kier molecular flexibility index (Phi) is 14.5. The standard InChI is InChI=1S/C26H43NO2S/c1-9-26(7,8)18-25(29)27-24(23(6)28)19-30-17-16-22(5)15-11-14-21(4)13-10-12-20(2)3/h9,12,14,16,24H,1,10-11,13,15,17-19H2,2-8H3,(H,27,29)/b21-14+,22-16+. The highest BCUT2D eigenvalue weighted by atomic mass is 32.2. The highest BCUT2D eigenvalue weighted by molar-refractivity contribution is 7.99. The third kappa shape index (κ3) is 15.3. The molecule has 1 unspecified atom stereocenters. The van der Waals surface area contributed by atoms with E-state index >= 15 is 0 Å². The smallest absolute Gasteiger partial charge is 0.221 e. The third-order valence-electron chi connectivity index (χ3n) is 4.95. The second-order valence-electron chi connectivity index (χ2n) is 9.10. The molecular formula is C26H43NO2S. The van der Waals surface area contributed by atoms with Gasteiger partial charge in [-0.05, 0) is 65.7 Å². The van der Waals surface area contributed by atoms with Crippen LogP contribution in [-0.4, -0.2) is 29.2 Å². The first-order valence-electron chi connectivity index (χ1n) is 10.9. The minimum atomic E-state index is -0.428. The maximum Gasteiger partial charge on any atom is 0.221 e. The molecule has 0 bridgehead atoms. The zero-order valence-corrected chi connectivity index (χ0v) is 21.1. The topological polar surface area (TPSA) is 46.2 Å². The van der Waals surface area contributed by atoms with Gasteiger partial charge in [0, 0.05) is 17.9 Å². The maximum absolute atomic E-state index is 12.2. The molecule has 170 valence electrons. The zero-order chi connectivity index (χ0) is 23.2. The molecule has 0 radical (unpaired) electrons. The lowest BCUT2D eigenvalue weighted by molar-refractivity contribution is -0.127. The lowest BCUT2D eigenvalue weighted by atomic mass is 9.89. The Bertz CT molecular complexity index is 652. The van der Waals surface area contributed by atoms with Gasteiger partial charge >= 0.3 is 0 Å². The van der Waals surface area contributed by atoms with Crippen molar-refractivity contribution in [1.82, 2.24) is 5.32 Å². The third-order valence-corrected chi connectivity index (χ3v) is 5.92. The van der Waals surface area contributed by atoms with Crippen LogP contribution in [0.4, 0.5) is 0 Å². The minimum absolute atomic E-state index is 0.00156. The van der Waals surface area contributed by atoms with Crippen molar-refractivity contribution in [3.05, 3.63) is 47.6 Å². The molecule has 3 nitrogen and oxygen atoms in total. The van der Waals surface area contributed by atoms with Crippen LogP contribution in [0.2, 0.25) is 0 Å². The quantitative estimate of drug-likeness (QED) is 0.228. The zero-order valence-electron chi connectivity index (χ0n) is 20.3. The Hall–Kier alpha value is -1.55. The van der Waals surface area contributed by atoms with E-state index in [-0.39, 0.29) is 17.1 Å². The summed E-state index contributed by atoms with van der Waals surface area (Å²) in [7, 11) is 0. The first-order valence-corrected chi connectivity index (χ1v) is 12.1. The Balaban J connectivity index is 4.32. The van der Waals surface area contributed by atoms with E-state index < -0.39 is 6.04 Å². The fourth-order valence-electron chi connectivity index (χ4n) is 2.72. The average molecular weight is 434 g/mol. The van der Waals surface area contributed by atoms with Crippen molar-refractivity contribution < 1.29 is 9.59 Å². The van der Waals surface area contributed by atoms with Crippen LogP contribution in [0.5, 0.6) is 0 Å². The molecule has 1 atom stereocenters. The summed E-state index contributed by atoms with van der Waals surface area (Å²) in [6, 6.07) is -0.428. The van der Waals surface area contributed by atoms with Gasteiger partial charge in [-0.25, -0.2) is 0 Å². The van der Waals surface area contributed by atoms with Gasteiger partial charge in [-0.1, -0.05) is 54.9 Å². The highest BCUT2D eigenvalue weighted by Crippen LogP contribution is 2.21. The fraction of sp³-hybridized carbons (Fsp3) is 0.615. The highest BCUT2D eigenvalue weighted by Gasteiger charge is 2.22. The summed E-state index contributed by atoms with van der Waals surface area (Å²) >= 11 is 1.68. The van der Waals surface area contributed by atoms with Crippen molar-refractivity contribution in [2.24, 2.45) is 5.41 Å². The molecule has 0 fully saturated rings. The Labute approximate surface area is 189 Å². The number of hydrogen-bond donors (Lipinski definition) is 1. The van der Waals surface area contributed by atoms with Gasteiger partial charge in [-0.15, -0.1) is 6.58 Å². The van der Waals surface area contributed by atoms with Gasteiger partial charge in [0.15, 0.2) is 5.78 Å². The number of thioether (sulfide) groups is 1. The predicted molar refractivity (Wildman–Crippen MR) is 134 cm³/mol. The summed E-state index contributed by atoms with van der Waals surface area (Å²) in [5.41, 5.74) is 3.93. The number of hydrogen-bond acceptors (Lipinski definition) is 3. The molecule has 0 spiro atoms. The van der Waals surface area contributed by atoms with Gasteiger partial charge in [-0.2, -0.15) is 11.8 Å². The molecule has 0 aromatic heterocycles. The molecule has 0 rings (SSSR count). The van der Waals surface area contributed by atoms with Crippen molar-refractivity contribution in [2.75, 3.05) is 11.5 Å². The summed E-state index contributed by atoms with van der Waals surface area (Å²) in [5, 5.41) is 2.88. The number of carbonyl (C=O) groups is 2. The van der Waals surface area contributed by atoms with Crippen molar-refractivity contribution in [1.29, 1.82) is 0 Å². The van der Waals surface area contributed by atoms with Crippen molar-refractivity contribution in [2.45, 2.75) is 86.6 Å². The number of Topliss-reactive ketones (excluding diaryl/α,β-unsaturated/α-hetero) is 1. The van der Waals surface area contributed by atoms with Crippen LogP contribution in [-0.2, 0) is 9.59 Å². The normalized spacial score (nSPS) is 13.6. The molecule has 0 aliphatic rings. The van der Waals surface area contributed by atoms with Crippen LogP contribution in [0.3, 0.4) is 0 Å². The SMILES string of the molecule is C=CC(C)(C)CC(=O)NC(CSC/C=C(\C)CC/C=C(\C)CCC=C(C)C)C(C)=O. The molecule has 0 saturated carbocycles. The van der Waals surface area contributed by atoms with Gasteiger partial charge in [0.25, 0.3) is 0 Å². The molecule has 0 heterocycles. The monoisotopic (exact) mass is 433 g/mol. The predicted octanol–water partition coefficient (Wildman–Crippen LogP) is 6.81. The van der Waals surface area contributed by atoms with E-state index in [1.165, 1.54) is 23.6 Å². The van der Waals surface area contributed by atoms with E-state index in [4.69, 9.17) is 0 Å². The van der Waals surface area contributed by atoms with Gasteiger partial charge in [0.05, 0.1) is 6.04 Å². The Morgan fingerprint density at radius 3 is 2.07 bits per heavy atom. The van der Waals surface area contributed by atoms with Crippen molar-refractivity contribution in [3.63, 3.8) is 0 Å². The van der Waals surface area contributed by atoms with Gasteiger partial charge in [-0.3, -0.25) is 9.59 Å². The number of allylic oxidation sites excluding steroid dienone is 6. The molecular weight excluding hydrogens is 390 g/mol. The van der Waals surface area contributed by atoms with Crippen LogP contribution in [0, 0.1) is 5.41 Å². The summed E-state index contributed by atoms with van der Waals surface area (Å²) in [5.74, 6) is 1.36. The Morgan fingerprint density at radius 2 is 1.53 bits per heavy atom. The van der Waals surface area contributed by atoms with E-state index in [0.717, 1.165) is 31.4 Å². The Morgan fingerprint density at radius 1 is 0.967 bits per heavy atom. The molecule has 1 amide bonds. The largest absolute Gasteiger partial charge is 0.345 e. The summed E-state index contributed by atoms with van der Waals surface area (Å²) in [6.45, 7) is 17.9. The van der Waals surface area contributed by atoms with Crippen LogP contribution in [0.25, 0.3) is 0 Å². The lowest BCUT2D eigenvalue weighted by Crippen LogP contribution is -2.42. The van der Waals surface area contributed by atoms with Crippen molar-refractivity contribution in [3.8, 4) is 0 Å². The van der Waals surface area contributed by atoms with E-state index in [0.29, 0.717) is 12.2 Å². The summed E-state index contributed by atoms with van der Waals surface area (Å²) in [6.07, 6.45) is 13.4. The van der Waals surface area contributed by atoms with Gasteiger partial charge in [0.1, 0.15) is 0 Å². The molecule has 0 aliphatic carbocycles. The van der Waals surface area contributed by atoms with Gasteiger partial charge < -0.3 is 5.32 Å². The van der Waals surface area contributed by atoms with E-state index in [9.17, 15) is 9.59 Å². The van der Waals surface area contributed by atoms with E-state index in [1.807, 2.05) is 13.8 Å². The number of amides is 1. The van der Waals surface area contributed by atoms with Crippen LogP contribution < -0.4 is 5.32 Å². The minimum Gasteiger partial charge on any atom is -0.345 e. The molecule has 0 aromatic rings. The molecule has 0 aliphatic heterocycles. The fourth-order valence-corrected chi connectivity index (χ4v) is 3.81. The molecule has 0 aromatic carbocycles. The number of ketones is 1. The number of nitrogens with one attached hydrogen (secondary N) is 1. The number of carbonyl (C=O) groups excluding carboxylic acids is 2. The number of rotatable bonds is 15. The van der Waals surface area contributed by atoms with Crippen LogP contribution >= 0.6 is 11.8 Å². The summed E-state index contributed by atoms with van der Waals surface area (Å²) in [4.78, 5) is 24.1. The first kappa shape index (κ1) is 28.5. The lowest BCUT2D eigenvalue weighted by Gasteiger charge is -2.21. The second-order valence-corrected chi connectivity index (χ2v) is 10.2. The van der Waals surface area contributed by atoms with Crippen LogP contribution in [0.1, 0.15) is 80.6 Å². The molecule has 30 heavy (non-hydrogen) atoms. The van der Waals surface area contributed by atoms with E-state index in [2.05, 4.69) is 57.8 Å². The van der Waals surface area contributed by atoms with E-state index in [1.54, 1.807) is 17.8 Å². The maximum atomic E-state index is 12.2. The first-order chi connectivity index (χ1) is 14.0. The molecule has 0 saturated heterocycles. The molecule has 1 N–H and O–H groups in total. The second kappa shape index (κ2) is 15.3. The van der Waals surface area contributed by atoms with Gasteiger partial charge in [0.2, 0.25) is 5.91 Å². The summed E-state index contributed by atoms with van der Waals surface area (Å²) < 4.78 is 0. The van der Waals surface area contributed by atoms with Crippen molar-refractivity contribution >= 4 is 23.5 Å². The van der Waals surface area contributed by atoms with Crippen LogP contribution in [0.15, 0.2) is 47.6 Å². The molecule has 4 heteroatoms. The average Bonchev–Trinajstić information content (AvgIpc) is 2.63.